The van der Waals surface area contributed by atoms with Crippen LogP contribution in [0, 0.1) is 0 Å². The fourth-order valence-electron chi connectivity index (χ4n) is 1.80. The van der Waals surface area contributed by atoms with Crippen LogP contribution in [0.15, 0.2) is 18.2 Å². The maximum Gasteiger partial charge on any atom is 0.315 e. The van der Waals surface area contributed by atoms with E-state index >= 15 is 0 Å². The van der Waals surface area contributed by atoms with E-state index in [1.165, 1.54) is 18.9 Å². The fourth-order valence-corrected chi connectivity index (χ4v) is 2.59. The van der Waals surface area contributed by atoms with Gasteiger partial charge >= 0.3 is 5.97 Å². The highest BCUT2D eigenvalue weighted by Gasteiger charge is 2.21. The third-order valence-corrected chi connectivity index (χ3v) is 4.06. The monoisotopic (exact) mass is 309 g/mol. The van der Waals surface area contributed by atoms with E-state index in [1.54, 1.807) is 25.1 Å². The van der Waals surface area contributed by atoms with E-state index in [9.17, 15) is 14.4 Å². The molecule has 0 radical (unpaired) electrons. The van der Waals surface area contributed by atoms with Gasteiger partial charge in [0, 0.05) is 5.56 Å². The molecule has 0 bridgehead atoms. The summed E-state index contributed by atoms with van der Waals surface area (Å²) < 4.78 is 9.77. The van der Waals surface area contributed by atoms with Crippen molar-refractivity contribution in [3.05, 3.63) is 23.8 Å². The number of methoxy groups -OCH3 is 1. The third-order valence-electron chi connectivity index (χ3n) is 2.95. The van der Waals surface area contributed by atoms with E-state index in [4.69, 9.17) is 4.74 Å². The molecule has 1 aromatic rings. The number of amides is 1. The maximum absolute atomic E-state index is 12.3. The Morgan fingerprint density at radius 2 is 2.24 bits per heavy atom. The molecule has 2 rings (SSSR count). The summed E-state index contributed by atoms with van der Waals surface area (Å²) in [7, 11) is 1.31. The topological polar surface area (TPSA) is 81.7 Å². The molecule has 0 saturated carbocycles. The molecule has 0 aliphatic carbocycles. The average molecular weight is 309 g/mol. The molecular formula is C14H15NO5S. The molecule has 1 N–H and O–H groups in total. The van der Waals surface area contributed by atoms with Crippen LogP contribution in [0.4, 0.5) is 5.69 Å². The number of hydrogen-bond donors (Lipinski definition) is 1. The van der Waals surface area contributed by atoms with Gasteiger partial charge in [-0.1, -0.05) is 0 Å². The SMILES string of the molecule is COC(=O)CS[C@H](C)C(=O)c1ccc2c(c1)NC(=O)CO2. The average Bonchev–Trinajstić information content (AvgIpc) is 2.50. The Labute approximate surface area is 126 Å². The number of ether oxygens (including phenoxy) is 2. The molecule has 1 amide bonds. The second-order valence-electron chi connectivity index (χ2n) is 4.44. The van der Waals surface area contributed by atoms with Crippen LogP contribution in [0.1, 0.15) is 17.3 Å². The molecule has 1 aromatic carbocycles. The highest BCUT2D eigenvalue weighted by molar-refractivity contribution is 8.01. The zero-order valence-electron chi connectivity index (χ0n) is 11.7. The first-order valence-electron chi connectivity index (χ1n) is 6.30. The summed E-state index contributed by atoms with van der Waals surface area (Å²) in [6.45, 7) is 1.70. The molecule has 1 aliphatic heterocycles. The number of anilines is 1. The summed E-state index contributed by atoms with van der Waals surface area (Å²) in [6.07, 6.45) is 0. The highest BCUT2D eigenvalue weighted by Crippen LogP contribution is 2.29. The van der Waals surface area contributed by atoms with Crippen molar-refractivity contribution in [1.82, 2.24) is 0 Å². The van der Waals surface area contributed by atoms with Crippen LogP contribution in [0.3, 0.4) is 0 Å². The molecular weight excluding hydrogens is 294 g/mol. The second kappa shape index (κ2) is 6.62. The highest BCUT2D eigenvalue weighted by atomic mass is 32.2. The van der Waals surface area contributed by atoms with Crippen LogP contribution in [-0.4, -0.2) is 42.4 Å². The van der Waals surface area contributed by atoms with Gasteiger partial charge in [-0.15, -0.1) is 11.8 Å². The standard InChI is InChI=1S/C14H15NO5S/c1-8(21-7-13(17)19-2)14(18)9-3-4-11-10(5-9)15-12(16)6-20-11/h3-5,8H,6-7H2,1-2H3,(H,15,16)/t8-/m1/s1. The maximum atomic E-state index is 12.3. The molecule has 0 aromatic heterocycles. The number of thioether (sulfide) groups is 1. The Balaban J connectivity index is 2.07. The lowest BCUT2D eigenvalue weighted by molar-refractivity contribution is -0.137. The third kappa shape index (κ3) is 3.75. The van der Waals surface area contributed by atoms with Crippen molar-refractivity contribution < 1.29 is 23.9 Å². The molecule has 1 aliphatic rings. The summed E-state index contributed by atoms with van der Waals surface area (Å²) >= 11 is 1.21. The molecule has 0 fully saturated rings. The Morgan fingerprint density at radius 1 is 1.48 bits per heavy atom. The van der Waals surface area contributed by atoms with Crippen LogP contribution in [0.2, 0.25) is 0 Å². The lowest BCUT2D eigenvalue weighted by atomic mass is 10.1. The minimum Gasteiger partial charge on any atom is -0.482 e. The number of fused-ring (bicyclic) bond motifs is 1. The number of carbonyl (C=O) groups is 3. The first-order chi connectivity index (χ1) is 10.0. The Kier molecular flexibility index (Phi) is 4.85. The van der Waals surface area contributed by atoms with E-state index in [2.05, 4.69) is 10.1 Å². The van der Waals surface area contributed by atoms with Gasteiger partial charge in [-0.3, -0.25) is 14.4 Å². The normalized spacial score (nSPS) is 14.5. The lowest BCUT2D eigenvalue weighted by Crippen LogP contribution is -2.26. The molecule has 1 atom stereocenters. The van der Waals surface area contributed by atoms with Crippen molar-refractivity contribution in [2.24, 2.45) is 0 Å². The van der Waals surface area contributed by atoms with Crippen molar-refractivity contribution >= 4 is 35.1 Å². The van der Waals surface area contributed by atoms with E-state index in [0.29, 0.717) is 17.0 Å². The zero-order valence-corrected chi connectivity index (χ0v) is 12.5. The fraction of sp³-hybridized carbons (Fsp3) is 0.357. The van der Waals surface area contributed by atoms with E-state index in [0.717, 1.165) is 0 Å². The predicted octanol–water partition coefficient (Wildman–Crippen LogP) is 1.49. The van der Waals surface area contributed by atoms with Crippen LogP contribution < -0.4 is 10.1 Å². The molecule has 1 heterocycles. The summed E-state index contributed by atoms with van der Waals surface area (Å²) in [6, 6.07) is 4.89. The van der Waals surface area contributed by atoms with Gasteiger partial charge < -0.3 is 14.8 Å². The summed E-state index contributed by atoms with van der Waals surface area (Å²) in [4.78, 5) is 34.6. The van der Waals surface area contributed by atoms with Gasteiger partial charge in [0.25, 0.3) is 5.91 Å². The number of nitrogens with one attached hydrogen (secondary N) is 1. The van der Waals surface area contributed by atoms with Gasteiger partial charge in [-0.2, -0.15) is 0 Å². The summed E-state index contributed by atoms with van der Waals surface area (Å²) in [5, 5.41) is 2.27. The Bertz CT molecular complexity index is 587. The molecule has 7 heteroatoms. The minimum atomic E-state index is -0.387. The second-order valence-corrected chi connectivity index (χ2v) is 5.77. The first-order valence-corrected chi connectivity index (χ1v) is 7.35. The van der Waals surface area contributed by atoms with Gasteiger partial charge in [0.15, 0.2) is 12.4 Å². The van der Waals surface area contributed by atoms with Gasteiger partial charge in [0.05, 0.1) is 23.8 Å². The van der Waals surface area contributed by atoms with E-state index in [-0.39, 0.29) is 35.3 Å². The number of carbonyl (C=O) groups excluding carboxylic acids is 3. The quantitative estimate of drug-likeness (QED) is 0.655. The van der Waals surface area contributed by atoms with Gasteiger partial charge in [0.1, 0.15) is 5.75 Å². The van der Waals surface area contributed by atoms with Crippen molar-refractivity contribution in [2.75, 3.05) is 24.8 Å². The van der Waals surface area contributed by atoms with Crippen molar-refractivity contribution in [3.63, 3.8) is 0 Å². The van der Waals surface area contributed by atoms with E-state index < -0.39 is 0 Å². The number of hydrogen-bond acceptors (Lipinski definition) is 6. The zero-order chi connectivity index (χ0) is 15.4. The van der Waals surface area contributed by atoms with Gasteiger partial charge in [-0.05, 0) is 25.1 Å². The van der Waals surface area contributed by atoms with Crippen LogP contribution in [-0.2, 0) is 14.3 Å². The molecule has 0 spiro atoms. The minimum absolute atomic E-state index is 0.0221. The van der Waals surface area contributed by atoms with Crippen molar-refractivity contribution in [2.45, 2.75) is 12.2 Å². The molecule has 0 saturated heterocycles. The largest absolute Gasteiger partial charge is 0.482 e. The predicted molar refractivity (Wildman–Crippen MR) is 78.8 cm³/mol. The molecule has 112 valence electrons. The number of ketones is 1. The molecule has 21 heavy (non-hydrogen) atoms. The lowest BCUT2D eigenvalue weighted by Gasteiger charge is -2.19. The van der Waals surface area contributed by atoms with Crippen LogP contribution in [0.25, 0.3) is 0 Å². The van der Waals surface area contributed by atoms with Gasteiger partial charge in [0.2, 0.25) is 0 Å². The Morgan fingerprint density at radius 3 is 2.95 bits per heavy atom. The smallest absolute Gasteiger partial charge is 0.315 e. The molecule has 6 nitrogen and oxygen atoms in total. The number of esters is 1. The van der Waals surface area contributed by atoms with Crippen LogP contribution in [0.5, 0.6) is 5.75 Å². The van der Waals surface area contributed by atoms with Crippen molar-refractivity contribution in [1.29, 1.82) is 0 Å². The van der Waals surface area contributed by atoms with Crippen molar-refractivity contribution in [3.8, 4) is 5.75 Å². The molecule has 0 unspecified atom stereocenters. The first kappa shape index (κ1) is 15.4. The van der Waals surface area contributed by atoms with Crippen LogP contribution >= 0.6 is 11.8 Å². The Hall–Kier alpha value is -2.02. The summed E-state index contributed by atoms with van der Waals surface area (Å²) in [5.74, 6) is -0.0766. The number of rotatable bonds is 5. The summed E-state index contributed by atoms with van der Waals surface area (Å²) in [5.41, 5.74) is 0.951. The van der Waals surface area contributed by atoms with E-state index in [1.807, 2.05) is 0 Å². The number of benzene rings is 1. The number of Topliss-reactive ketones (excluding diaryl/α,β-unsaturated/α-hetero) is 1. The van der Waals surface area contributed by atoms with Gasteiger partial charge in [-0.25, -0.2) is 0 Å².